The van der Waals surface area contributed by atoms with E-state index in [0.29, 0.717) is 19.1 Å². The van der Waals surface area contributed by atoms with Crippen molar-refractivity contribution < 1.29 is 9.15 Å². The van der Waals surface area contributed by atoms with Gasteiger partial charge in [-0.1, -0.05) is 6.07 Å². The first-order valence-corrected chi connectivity index (χ1v) is 8.57. The largest absolute Gasteiger partial charge is 0.472 e. The monoisotopic (exact) mass is 338 g/mol. The minimum Gasteiger partial charge on any atom is -0.472 e. The fraction of sp³-hybridized carbons (Fsp3) is 0.368. The van der Waals surface area contributed by atoms with Crippen molar-refractivity contribution in [2.75, 3.05) is 13.2 Å². The van der Waals surface area contributed by atoms with E-state index in [0.717, 1.165) is 31.7 Å². The predicted molar refractivity (Wildman–Crippen MR) is 92.4 cm³/mol. The number of rotatable bonds is 6. The molecule has 3 aromatic rings. The van der Waals surface area contributed by atoms with Crippen LogP contribution >= 0.6 is 0 Å². The summed E-state index contributed by atoms with van der Waals surface area (Å²) in [6.07, 6.45) is 9.05. The third-order valence-corrected chi connectivity index (χ3v) is 4.47. The Kier molecular flexibility index (Phi) is 4.90. The SMILES string of the molecule is c1cncc(COC[C@H]2CN(Cc3ccoc3)Cc3ccnn3C2)c1. The molecule has 0 radical (unpaired) electrons. The molecule has 1 aliphatic heterocycles. The highest BCUT2D eigenvalue weighted by Crippen LogP contribution is 2.19. The van der Waals surface area contributed by atoms with Crippen LogP contribution in [0.2, 0.25) is 0 Å². The van der Waals surface area contributed by atoms with E-state index in [1.54, 1.807) is 12.5 Å². The van der Waals surface area contributed by atoms with E-state index < -0.39 is 0 Å². The first kappa shape index (κ1) is 16.1. The molecule has 0 bridgehead atoms. The van der Waals surface area contributed by atoms with Crippen LogP contribution in [0.3, 0.4) is 0 Å². The second-order valence-corrected chi connectivity index (χ2v) is 6.55. The molecule has 6 nitrogen and oxygen atoms in total. The smallest absolute Gasteiger partial charge is 0.0947 e. The van der Waals surface area contributed by atoms with E-state index in [9.17, 15) is 0 Å². The third-order valence-electron chi connectivity index (χ3n) is 4.47. The maximum absolute atomic E-state index is 5.96. The highest BCUT2D eigenvalue weighted by atomic mass is 16.5. The van der Waals surface area contributed by atoms with E-state index >= 15 is 0 Å². The van der Waals surface area contributed by atoms with E-state index in [4.69, 9.17) is 9.15 Å². The maximum atomic E-state index is 5.96. The zero-order chi connectivity index (χ0) is 16.9. The Hall–Kier alpha value is -2.44. The summed E-state index contributed by atoms with van der Waals surface area (Å²) in [4.78, 5) is 6.56. The van der Waals surface area contributed by atoms with Crippen LogP contribution in [-0.4, -0.2) is 32.8 Å². The molecule has 4 heterocycles. The van der Waals surface area contributed by atoms with Crippen molar-refractivity contribution in [3.8, 4) is 0 Å². The van der Waals surface area contributed by atoms with Crippen molar-refractivity contribution in [2.45, 2.75) is 26.2 Å². The van der Waals surface area contributed by atoms with E-state index in [-0.39, 0.29) is 0 Å². The van der Waals surface area contributed by atoms with Gasteiger partial charge in [0.25, 0.3) is 0 Å². The number of pyridine rings is 1. The summed E-state index contributed by atoms with van der Waals surface area (Å²) in [7, 11) is 0. The molecule has 0 saturated carbocycles. The maximum Gasteiger partial charge on any atom is 0.0947 e. The molecule has 25 heavy (non-hydrogen) atoms. The molecule has 0 saturated heterocycles. The van der Waals surface area contributed by atoms with Crippen LogP contribution in [0.15, 0.2) is 59.8 Å². The number of nitrogens with zero attached hydrogens (tertiary/aromatic N) is 4. The molecule has 0 aliphatic carbocycles. The summed E-state index contributed by atoms with van der Waals surface area (Å²) in [6, 6.07) is 8.10. The molecule has 0 amide bonds. The third kappa shape index (κ3) is 4.15. The Balaban J connectivity index is 1.40. The predicted octanol–water partition coefficient (Wildman–Crippen LogP) is 2.72. The van der Waals surface area contributed by atoms with E-state index in [1.165, 1.54) is 11.3 Å². The minimum atomic E-state index is 0.393. The Morgan fingerprint density at radius 1 is 1.16 bits per heavy atom. The van der Waals surface area contributed by atoms with E-state index in [2.05, 4.69) is 25.7 Å². The van der Waals surface area contributed by atoms with Gasteiger partial charge in [-0.2, -0.15) is 5.10 Å². The Bertz CT molecular complexity index is 770. The van der Waals surface area contributed by atoms with Crippen molar-refractivity contribution in [3.05, 3.63) is 72.2 Å². The van der Waals surface area contributed by atoms with Crippen molar-refractivity contribution in [2.24, 2.45) is 5.92 Å². The summed E-state index contributed by atoms with van der Waals surface area (Å²) in [6.45, 7) is 4.93. The summed E-state index contributed by atoms with van der Waals surface area (Å²) >= 11 is 0. The summed E-state index contributed by atoms with van der Waals surface area (Å²) in [5.74, 6) is 0.393. The number of hydrogen-bond acceptors (Lipinski definition) is 5. The summed E-state index contributed by atoms with van der Waals surface area (Å²) in [5, 5.41) is 4.47. The topological polar surface area (TPSA) is 56.3 Å². The quantitative estimate of drug-likeness (QED) is 0.692. The van der Waals surface area contributed by atoms with Gasteiger partial charge in [-0.3, -0.25) is 14.6 Å². The molecule has 130 valence electrons. The normalized spacial score (nSPS) is 18.0. The molecule has 0 N–H and O–H groups in total. The molecular formula is C19H22N4O2. The van der Waals surface area contributed by atoms with Crippen molar-refractivity contribution in [1.29, 1.82) is 0 Å². The number of ether oxygens (including phenoxy) is 1. The van der Waals surface area contributed by atoms with Gasteiger partial charge in [-0.25, -0.2) is 0 Å². The average Bonchev–Trinajstić information content (AvgIpc) is 3.25. The molecule has 4 rings (SSSR count). The van der Waals surface area contributed by atoms with Crippen LogP contribution in [0.1, 0.15) is 16.8 Å². The zero-order valence-electron chi connectivity index (χ0n) is 14.1. The number of fused-ring (bicyclic) bond motifs is 1. The highest BCUT2D eigenvalue weighted by molar-refractivity contribution is 5.08. The van der Waals surface area contributed by atoms with Crippen LogP contribution in [0.5, 0.6) is 0 Å². The zero-order valence-corrected chi connectivity index (χ0v) is 14.1. The van der Waals surface area contributed by atoms with Gasteiger partial charge in [0.1, 0.15) is 0 Å². The molecule has 3 aromatic heterocycles. The average molecular weight is 338 g/mol. The van der Waals surface area contributed by atoms with Gasteiger partial charge in [0.05, 0.1) is 31.4 Å². The first-order valence-electron chi connectivity index (χ1n) is 8.57. The summed E-state index contributed by atoms with van der Waals surface area (Å²) < 4.78 is 13.3. The van der Waals surface area contributed by atoms with Gasteiger partial charge < -0.3 is 9.15 Å². The van der Waals surface area contributed by atoms with Gasteiger partial charge in [0.15, 0.2) is 0 Å². The number of furan rings is 1. The lowest BCUT2D eigenvalue weighted by molar-refractivity contribution is 0.0655. The Morgan fingerprint density at radius 2 is 2.16 bits per heavy atom. The van der Waals surface area contributed by atoms with Crippen molar-refractivity contribution in [3.63, 3.8) is 0 Å². The molecule has 0 unspecified atom stereocenters. The molecular weight excluding hydrogens is 316 g/mol. The van der Waals surface area contributed by atoms with Crippen molar-refractivity contribution >= 4 is 0 Å². The summed E-state index contributed by atoms with van der Waals surface area (Å²) in [5.41, 5.74) is 3.55. The van der Waals surface area contributed by atoms with Crippen LogP contribution in [-0.2, 0) is 31.0 Å². The first-order chi connectivity index (χ1) is 12.4. The van der Waals surface area contributed by atoms with Gasteiger partial charge in [0.2, 0.25) is 0 Å². The van der Waals surface area contributed by atoms with Crippen LogP contribution in [0, 0.1) is 5.92 Å². The van der Waals surface area contributed by atoms with Gasteiger partial charge in [-0.15, -0.1) is 0 Å². The molecule has 0 fully saturated rings. The molecule has 1 aliphatic rings. The van der Waals surface area contributed by atoms with Gasteiger partial charge in [-0.05, 0) is 23.8 Å². The van der Waals surface area contributed by atoms with Crippen LogP contribution in [0.4, 0.5) is 0 Å². The van der Waals surface area contributed by atoms with Gasteiger partial charge in [0, 0.05) is 56.3 Å². The Labute approximate surface area is 147 Å². The molecule has 1 atom stereocenters. The molecule has 0 aromatic carbocycles. The number of hydrogen-bond donors (Lipinski definition) is 0. The highest BCUT2D eigenvalue weighted by Gasteiger charge is 2.22. The lowest BCUT2D eigenvalue weighted by Gasteiger charge is -2.23. The number of aromatic nitrogens is 3. The van der Waals surface area contributed by atoms with Crippen LogP contribution in [0.25, 0.3) is 0 Å². The van der Waals surface area contributed by atoms with Crippen molar-refractivity contribution in [1.82, 2.24) is 19.7 Å². The molecule has 0 spiro atoms. The molecule has 6 heteroatoms. The fourth-order valence-corrected chi connectivity index (χ4v) is 3.31. The minimum absolute atomic E-state index is 0.393. The van der Waals surface area contributed by atoms with Crippen LogP contribution < -0.4 is 0 Å². The lowest BCUT2D eigenvalue weighted by Crippen LogP contribution is -2.30. The Morgan fingerprint density at radius 3 is 3.00 bits per heavy atom. The lowest BCUT2D eigenvalue weighted by atomic mass is 10.1. The standard InChI is InChI=1S/C19H22N4O2/c1-2-16(8-20-5-1)13-25-15-18-10-22(9-17-4-7-24-14-17)12-19-3-6-21-23(19)11-18/h1-8,14,18H,9-13,15H2/t18-/m0/s1. The second kappa shape index (κ2) is 7.63. The fourth-order valence-electron chi connectivity index (χ4n) is 3.31. The van der Waals surface area contributed by atoms with Gasteiger partial charge >= 0.3 is 0 Å². The van der Waals surface area contributed by atoms with E-state index in [1.807, 2.05) is 36.9 Å². The second-order valence-electron chi connectivity index (χ2n) is 6.55.